The van der Waals surface area contributed by atoms with Gasteiger partial charge in [0.15, 0.2) is 0 Å². The van der Waals surface area contributed by atoms with Gasteiger partial charge in [-0.1, -0.05) is 38.3 Å². The van der Waals surface area contributed by atoms with E-state index in [1.54, 1.807) is 6.08 Å². The van der Waals surface area contributed by atoms with Crippen molar-refractivity contribution in [2.24, 2.45) is 0 Å². The summed E-state index contributed by atoms with van der Waals surface area (Å²) in [7, 11) is 0. The van der Waals surface area contributed by atoms with Crippen molar-refractivity contribution in [3.05, 3.63) is 46.5 Å². The number of non-ortho nitro benzene ring substituents is 1. The van der Waals surface area contributed by atoms with E-state index in [1.807, 2.05) is 6.08 Å². The van der Waals surface area contributed by atoms with Gasteiger partial charge in [0, 0.05) is 12.1 Å². The number of hydrogen-bond acceptors (Lipinski definition) is 5. The molecule has 1 rings (SSSR count). The molecule has 6 heteroatoms. The molecule has 1 aromatic carbocycles. The van der Waals surface area contributed by atoms with Crippen LogP contribution in [0.3, 0.4) is 0 Å². The molecule has 0 aliphatic heterocycles. The molecule has 0 saturated heterocycles. The summed E-state index contributed by atoms with van der Waals surface area (Å²) in [6.07, 6.45) is 8.71. The van der Waals surface area contributed by atoms with Crippen molar-refractivity contribution >= 4 is 11.8 Å². The number of unbranched alkanes of at least 4 members (excludes halogenated alkanes) is 4. The number of allylic oxidation sites excluding steroid dienone is 1. The predicted molar refractivity (Wildman–Crippen MR) is 83.0 cm³/mol. The predicted octanol–water partition coefficient (Wildman–Crippen LogP) is 4.64. The van der Waals surface area contributed by atoms with Gasteiger partial charge in [-0.3, -0.25) is 10.1 Å². The van der Waals surface area contributed by atoms with E-state index in [0.29, 0.717) is 0 Å². The monoisotopic (exact) mass is 307 g/mol. The molecule has 0 amide bonds. The summed E-state index contributed by atoms with van der Waals surface area (Å²) in [6.45, 7) is 2.32. The van der Waals surface area contributed by atoms with Crippen LogP contribution >= 0.6 is 0 Å². The summed E-state index contributed by atoms with van der Waals surface area (Å²) in [6, 6.07) is 5.23. The first-order valence-electron chi connectivity index (χ1n) is 7.37. The number of ether oxygens (including phenoxy) is 2. The van der Waals surface area contributed by atoms with Crippen molar-refractivity contribution in [3.8, 4) is 5.75 Å². The highest BCUT2D eigenvalue weighted by Gasteiger charge is 2.08. The smallest absolute Gasteiger partial charge is 0.430 e. The molecule has 0 aliphatic rings. The third kappa shape index (κ3) is 7.42. The Morgan fingerprint density at radius 3 is 2.55 bits per heavy atom. The Morgan fingerprint density at radius 2 is 1.91 bits per heavy atom. The summed E-state index contributed by atoms with van der Waals surface area (Å²) >= 11 is 0. The molecule has 0 unspecified atom stereocenters. The lowest BCUT2D eigenvalue weighted by Crippen LogP contribution is -2.10. The van der Waals surface area contributed by atoms with E-state index >= 15 is 0 Å². The van der Waals surface area contributed by atoms with Crippen molar-refractivity contribution in [1.29, 1.82) is 0 Å². The molecule has 0 radical (unpaired) electrons. The van der Waals surface area contributed by atoms with Crippen LogP contribution in [0.2, 0.25) is 0 Å². The highest BCUT2D eigenvalue weighted by atomic mass is 16.7. The van der Waals surface area contributed by atoms with E-state index in [-0.39, 0.29) is 18.0 Å². The summed E-state index contributed by atoms with van der Waals surface area (Å²) in [5.74, 6) is 0.208. The quantitative estimate of drug-likeness (QED) is 0.166. The first-order chi connectivity index (χ1) is 10.6. The lowest BCUT2D eigenvalue weighted by atomic mass is 10.1. The van der Waals surface area contributed by atoms with Crippen molar-refractivity contribution in [2.45, 2.75) is 39.0 Å². The van der Waals surface area contributed by atoms with Crippen LogP contribution in [0.1, 0.15) is 39.0 Å². The largest absolute Gasteiger partial charge is 0.514 e. The van der Waals surface area contributed by atoms with E-state index in [1.165, 1.54) is 43.5 Å². The molecule has 1 aromatic rings. The number of benzene rings is 1. The lowest BCUT2D eigenvalue weighted by molar-refractivity contribution is -0.384. The van der Waals surface area contributed by atoms with Gasteiger partial charge in [0.2, 0.25) is 0 Å². The minimum atomic E-state index is -0.829. The van der Waals surface area contributed by atoms with E-state index in [2.05, 4.69) is 6.92 Å². The van der Waals surface area contributed by atoms with Crippen LogP contribution in [0.5, 0.6) is 5.75 Å². The first kappa shape index (κ1) is 17.7. The number of nitro benzene ring substituents is 1. The van der Waals surface area contributed by atoms with Gasteiger partial charge in [0.1, 0.15) is 12.4 Å². The SMILES string of the molecule is CCCCCCC=CCOC(=O)Oc1ccc([N+](=O)[O-])cc1. The van der Waals surface area contributed by atoms with Crippen molar-refractivity contribution in [3.63, 3.8) is 0 Å². The Morgan fingerprint density at radius 1 is 1.18 bits per heavy atom. The van der Waals surface area contributed by atoms with Crippen molar-refractivity contribution < 1.29 is 19.2 Å². The second-order valence-electron chi connectivity index (χ2n) is 4.73. The van der Waals surface area contributed by atoms with Crippen LogP contribution in [-0.2, 0) is 4.74 Å². The highest BCUT2D eigenvalue weighted by molar-refractivity contribution is 5.64. The van der Waals surface area contributed by atoms with Gasteiger partial charge in [0.25, 0.3) is 5.69 Å². The fraction of sp³-hybridized carbons (Fsp3) is 0.438. The Bertz CT molecular complexity index is 496. The Balaban J connectivity index is 2.20. The van der Waals surface area contributed by atoms with E-state index in [4.69, 9.17) is 9.47 Å². The fourth-order valence-electron chi connectivity index (χ4n) is 1.75. The molecular formula is C16H21NO5. The molecule has 0 bridgehead atoms. The van der Waals surface area contributed by atoms with E-state index < -0.39 is 11.1 Å². The number of rotatable bonds is 9. The summed E-state index contributed by atoms with van der Waals surface area (Å²) in [5.41, 5.74) is -0.0632. The summed E-state index contributed by atoms with van der Waals surface area (Å²) in [4.78, 5) is 21.4. The third-order valence-corrected chi connectivity index (χ3v) is 2.94. The molecule has 120 valence electrons. The van der Waals surface area contributed by atoms with Crippen LogP contribution in [0.25, 0.3) is 0 Å². The molecule has 0 N–H and O–H groups in total. The average molecular weight is 307 g/mol. The van der Waals surface area contributed by atoms with Crippen LogP contribution in [-0.4, -0.2) is 17.7 Å². The molecule has 0 atom stereocenters. The maximum atomic E-state index is 11.4. The maximum absolute atomic E-state index is 11.4. The molecular weight excluding hydrogens is 286 g/mol. The molecule has 0 fully saturated rings. The minimum Gasteiger partial charge on any atom is -0.430 e. The van der Waals surface area contributed by atoms with Crippen LogP contribution in [0.15, 0.2) is 36.4 Å². The second-order valence-corrected chi connectivity index (χ2v) is 4.73. The zero-order valence-electron chi connectivity index (χ0n) is 12.7. The van der Waals surface area contributed by atoms with Crippen LogP contribution in [0.4, 0.5) is 10.5 Å². The number of nitrogens with zero attached hydrogens (tertiary/aromatic N) is 1. The van der Waals surface area contributed by atoms with Gasteiger partial charge >= 0.3 is 6.16 Å². The van der Waals surface area contributed by atoms with Gasteiger partial charge in [-0.25, -0.2) is 4.79 Å². The van der Waals surface area contributed by atoms with Crippen LogP contribution < -0.4 is 4.74 Å². The van der Waals surface area contributed by atoms with Crippen LogP contribution in [0, 0.1) is 10.1 Å². The van der Waals surface area contributed by atoms with Gasteiger partial charge in [-0.05, 0) is 25.0 Å². The molecule has 0 heterocycles. The Kier molecular flexibility index (Phi) is 8.33. The van der Waals surface area contributed by atoms with Gasteiger partial charge in [-0.2, -0.15) is 0 Å². The van der Waals surface area contributed by atoms with Crippen molar-refractivity contribution in [2.75, 3.05) is 6.61 Å². The topological polar surface area (TPSA) is 78.7 Å². The third-order valence-electron chi connectivity index (χ3n) is 2.94. The number of carbonyl (C=O) groups is 1. The normalized spacial score (nSPS) is 10.6. The summed E-state index contributed by atoms with van der Waals surface area (Å²) in [5, 5.41) is 10.5. The molecule has 0 spiro atoms. The molecule has 6 nitrogen and oxygen atoms in total. The molecule has 22 heavy (non-hydrogen) atoms. The first-order valence-corrected chi connectivity index (χ1v) is 7.37. The Hall–Kier alpha value is -2.37. The second kappa shape index (κ2) is 10.4. The highest BCUT2D eigenvalue weighted by Crippen LogP contribution is 2.17. The number of carbonyl (C=O) groups excluding carboxylic acids is 1. The van der Waals surface area contributed by atoms with E-state index in [9.17, 15) is 14.9 Å². The molecule has 0 saturated carbocycles. The molecule has 0 aliphatic carbocycles. The number of nitro groups is 1. The van der Waals surface area contributed by atoms with Gasteiger partial charge < -0.3 is 9.47 Å². The fourth-order valence-corrected chi connectivity index (χ4v) is 1.75. The Labute approximate surface area is 129 Å². The number of hydrogen-bond donors (Lipinski definition) is 0. The molecule has 0 aromatic heterocycles. The lowest BCUT2D eigenvalue weighted by Gasteiger charge is -2.03. The van der Waals surface area contributed by atoms with Gasteiger partial charge in [-0.15, -0.1) is 0 Å². The zero-order valence-corrected chi connectivity index (χ0v) is 12.7. The zero-order chi connectivity index (χ0) is 16.2. The summed E-state index contributed by atoms with van der Waals surface area (Å²) < 4.78 is 9.76. The maximum Gasteiger partial charge on any atom is 0.514 e. The van der Waals surface area contributed by atoms with Crippen molar-refractivity contribution in [1.82, 2.24) is 0 Å². The van der Waals surface area contributed by atoms with E-state index in [0.717, 1.165) is 12.8 Å². The standard InChI is InChI=1S/C16H21NO5/c1-2-3-4-5-6-7-8-13-21-16(18)22-15-11-9-14(10-12-15)17(19)20/h7-12H,2-6,13H2,1H3. The average Bonchev–Trinajstić information content (AvgIpc) is 2.50. The van der Waals surface area contributed by atoms with Gasteiger partial charge in [0.05, 0.1) is 4.92 Å². The minimum absolute atomic E-state index is 0.0632.